The van der Waals surface area contributed by atoms with Gasteiger partial charge in [0.05, 0.1) is 26.4 Å². The second-order valence-corrected chi connectivity index (χ2v) is 9.20. The van der Waals surface area contributed by atoms with Gasteiger partial charge in [-0.05, 0) is 66.2 Å². The predicted molar refractivity (Wildman–Crippen MR) is 149 cm³/mol. The Morgan fingerprint density at radius 3 is 0.684 bits per heavy atom. The first kappa shape index (κ1) is 37.0. The van der Waals surface area contributed by atoms with Crippen LogP contribution in [0.3, 0.4) is 0 Å². The second kappa shape index (κ2) is 24.2. The summed E-state index contributed by atoms with van der Waals surface area (Å²) >= 11 is 0. The van der Waals surface area contributed by atoms with Gasteiger partial charge in [-0.25, -0.2) is 19.2 Å². The van der Waals surface area contributed by atoms with Crippen LogP contribution >= 0.6 is 0 Å². The summed E-state index contributed by atoms with van der Waals surface area (Å²) in [7, 11) is 0. The van der Waals surface area contributed by atoms with Gasteiger partial charge >= 0.3 is 23.9 Å². The lowest BCUT2D eigenvalue weighted by Gasteiger charge is -2.05. The predicted octanol–water partition coefficient (Wildman–Crippen LogP) is 6.35. The average Bonchev–Trinajstić information content (AvgIpc) is 2.86. The van der Waals surface area contributed by atoms with E-state index in [9.17, 15) is 19.2 Å². The van der Waals surface area contributed by atoms with Crippen LogP contribution in [0, 0.1) is 0 Å². The third-order valence-electron chi connectivity index (χ3n) is 4.90. The quantitative estimate of drug-likeness (QED) is 0.0767. The van der Waals surface area contributed by atoms with E-state index in [4.69, 9.17) is 18.9 Å². The highest BCUT2D eigenvalue weighted by molar-refractivity contribution is 5.88. The van der Waals surface area contributed by atoms with E-state index in [2.05, 4.69) is 26.3 Å². The minimum atomic E-state index is -0.342. The summed E-state index contributed by atoms with van der Waals surface area (Å²) < 4.78 is 19.9. The molecule has 0 bridgehead atoms. The largest absolute Gasteiger partial charge is 0.462 e. The van der Waals surface area contributed by atoms with Crippen molar-refractivity contribution >= 4 is 23.9 Å². The molecule has 0 aliphatic rings. The third kappa shape index (κ3) is 24.5. The maximum atomic E-state index is 11.1. The van der Waals surface area contributed by atoms with Gasteiger partial charge in [-0.3, -0.25) is 0 Å². The summed E-state index contributed by atoms with van der Waals surface area (Å²) in [4.78, 5) is 44.2. The van der Waals surface area contributed by atoms with Crippen molar-refractivity contribution in [1.29, 1.82) is 0 Å². The van der Waals surface area contributed by atoms with Crippen LogP contribution in [0.5, 0.6) is 0 Å². The molecule has 0 N–H and O–H groups in total. The molecule has 0 heterocycles. The number of carbonyl (C=O) groups excluding carboxylic acids is 4. The number of rotatable bonds is 20. The molecule has 0 rings (SSSR count). The minimum Gasteiger partial charge on any atom is -0.462 e. The molecule has 0 spiro atoms. The van der Waals surface area contributed by atoms with Crippen molar-refractivity contribution < 1.29 is 38.1 Å². The molecular weight excluding hydrogens is 488 g/mol. The Bertz CT molecular complexity index is 728. The molecule has 38 heavy (non-hydrogen) atoms. The smallest absolute Gasteiger partial charge is 0.333 e. The van der Waals surface area contributed by atoms with E-state index in [0.717, 1.165) is 64.2 Å². The summed E-state index contributed by atoms with van der Waals surface area (Å²) in [6, 6.07) is 0. The van der Waals surface area contributed by atoms with Crippen LogP contribution in [-0.4, -0.2) is 50.3 Å². The minimum absolute atomic E-state index is 0.315. The molecule has 8 heteroatoms. The van der Waals surface area contributed by atoms with E-state index >= 15 is 0 Å². The van der Waals surface area contributed by atoms with Crippen LogP contribution in [-0.2, 0) is 38.1 Å². The van der Waals surface area contributed by atoms with Crippen molar-refractivity contribution in [3.8, 4) is 0 Å². The van der Waals surface area contributed by atoms with E-state index in [1.807, 2.05) is 0 Å². The van der Waals surface area contributed by atoms with Gasteiger partial charge in [-0.2, -0.15) is 0 Å². The van der Waals surface area contributed by atoms with E-state index in [1.54, 1.807) is 27.7 Å². The topological polar surface area (TPSA) is 105 Å². The fraction of sp³-hybridized carbons (Fsp3) is 0.600. The normalized spacial score (nSPS) is 9.79. The molecular formula is C30H48O8. The van der Waals surface area contributed by atoms with Crippen LogP contribution in [0.15, 0.2) is 48.6 Å². The van der Waals surface area contributed by atoms with E-state index in [0.29, 0.717) is 48.7 Å². The molecule has 0 amide bonds. The van der Waals surface area contributed by atoms with Crippen LogP contribution in [0.25, 0.3) is 0 Å². The Balaban J connectivity index is 0. The molecule has 0 atom stereocenters. The van der Waals surface area contributed by atoms with Crippen LogP contribution in [0.1, 0.15) is 91.9 Å². The number of esters is 4. The molecule has 8 nitrogen and oxygen atoms in total. The number of carbonyl (C=O) groups is 4. The molecule has 0 saturated heterocycles. The van der Waals surface area contributed by atoms with Gasteiger partial charge in [0.2, 0.25) is 0 Å². The molecule has 0 unspecified atom stereocenters. The van der Waals surface area contributed by atoms with Gasteiger partial charge in [0.25, 0.3) is 0 Å². The molecule has 0 aliphatic carbocycles. The van der Waals surface area contributed by atoms with Crippen LogP contribution in [0.4, 0.5) is 0 Å². The Labute approximate surface area is 229 Å². The van der Waals surface area contributed by atoms with E-state index < -0.39 is 0 Å². The SMILES string of the molecule is C=C(C)C(=O)OCCCCCCCCOC(=O)C(=C)C.C=C(C)C(=O)OCCCCCCOC(=O)C(=C)C. The van der Waals surface area contributed by atoms with Crippen molar-refractivity contribution in [2.45, 2.75) is 91.9 Å². The zero-order valence-corrected chi connectivity index (χ0v) is 24.0. The standard InChI is InChI=1S/C16H26O4.C14H22O4/c1-13(2)15(17)19-11-9-7-5-6-8-10-12-20-16(18)14(3)4;1-11(2)13(15)17-9-7-5-6-8-10-18-14(16)12(3)4/h1,3,5-12H2,2,4H3;1,3,5-10H2,2,4H3. The van der Waals surface area contributed by atoms with Gasteiger partial charge < -0.3 is 18.9 Å². The molecule has 0 saturated carbocycles. The molecule has 0 aliphatic heterocycles. The lowest BCUT2D eigenvalue weighted by atomic mass is 10.1. The zero-order chi connectivity index (χ0) is 29.3. The Morgan fingerprint density at radius 2 is 0.526 bits per heavy atom. The number of hydrogen-bond donors (Lipinski definition) is 0. The maximum absolute atomic E-state index is 11.1. The highest BCUT2D eigenvalue weighted by Gasteiger charge is 2.04. The highest BCUT2D eigenvalue weighted by Crippen LogP contribution is 2.07. The number of ether oxygens (including phenoxy) is 4. The van der Waals surface area contributed by atoms with Crippen molar-refractivity contribution in [3.05, 3.63) is 48.6 Å². The van der Waals surface area contributed by atoms with Crippen LogP contribution in [0.2, 0.25) is 0 Å². The Kier molecular flexibility index (Phi) is 23.6. The monoisotopic (exact) mass is 536 g/mol. The van der Waals surface area contributed by atoms with Gasteiger partial charge in [-0.15, -0.1) is 0 Å². The van der Waals surface area contributed by atoms with Gasteiger partial charge in [0.15, 0.2) is 0 Å². The van der Waals surface area contributed by atoms with Crippen LogP contribution < -0.4 is 0 Å². The third-order valence-corrected chi connectivity index (χ3v) is 4.90. The number of hydrogen-bond acceptors (Lipinski definition) is 8. The molecule has 0 aromatic heterocycles. The van der Waals surface area contributed by atoms with Crippen molar-refractivity contribution in [2.75, 3.05) is 26.4 Å². The highest BCUT2D eigenvalue weighted by atomic mass is 16.5. The average molecular weight is 537 g/mol. The summed E-state index contributed by atoms with van der Waals surface area (Å²) in [5, 5.41) is 0. The first-order valence-electron chi connectivity index (χ1n) is 13.2. The number of unbranched alkanes of at least 4 members (excludes halogenated alkanes) is 8. The summed E-state index contributed by atoms with van der Waals surface area (Å²) in [5.74, 6) is -1.32. The lowest BCUT2D eigenvalue weighted by Crippen LogP contribution is -2.07. The Morgan fingerprint density at radius 1 is 0.368 bits per heavy atom. The summed E-state index contributed by atoms with van der Waals surface area (Å²) in [6.07, 6.45) is 9.53. The zero-order valence-electron chi connectivity index (χ0n) is 24.0. The van der Waals surface area contributed by atoms with E-state index in [-0.39, 0.29) is 23.9 Å². The van der Waals surface area contributed by atoms with Gasteiger partial charge in [0, 0.05) is 22.3 Å². The molecule has 216 valence electrons. The van der Waals surface area contributed by atoms with Crippen molar-refractivity contribution in [2.24, 2.45) is 0 Å². The molecule has 0 radical (unpaired) electrons. The first-order valence-corrected chi connectivity index (χ1v) is 13.2. The molecule has 0 aromatic rings. The lowest BCUT2D eigenvalue weighted by molar-refractivity contribution is -0.140. The fourth-order valence-electron chi connectivity index (χ4n) is 2.62. The van der Waals surface area contributed by atoms with Gasteiger partial charge in [-0.1, -0.05) is 52.0 Å². The first-order chi connectivity index (χ1) is 17.9. The summed E-state index contributed by atoms with van der Waals surface area (Å²) in [6.45, 7) is 22.3. The molecule has 0 fully saturated rings. The van der Waals surface area contributed by atoms with Crippen molar-refractivity contribution in [3.63, 3.8) is 0 Å². The van der Waals surface area contributed by atoms with Crippen molar-refractivity contribution in [1.82, 2.24) is 0 Å². The van der Waals surface area contributed by atoms with E-state index in [1.165, 1.54) is 0 Å². The van der Waals surface area contributed by atoms with Gasteiger partial charge in [0.1, 0.15) is 0 Å². The fourth-order valence-corrected chi connectivity index (χ4v) is 2.62. The maximum Gasteiger partial charge on any atom is 0.333 e. The summed E-state index contributed by atoms with van der Waals surface area (Å²) in [5.41, 5.74) is 1.71. The second-order valence-electron chi connectivity index (χ2n) is 9.20. The Hall–Kier alpha value is -3.16. The molecule has 0 aromatic carbocycles.